The van der Waals surface area contributed by atoms with Crippen molar-refractivity contribution in [2.45, 2.75) is 77.4 Å². The fraction of sp³-hybridized carbons (Fsp3) is 0.833. The van der Waals surface area contributed by atoms with Crippen LogP contribution >= 0.6 is 0 Å². The first kappa shape index (κ1) is 19.7. The molecule has 1 saturated carbocycles. The molecule has 1 saturated heterocycles. The Hall–Kier alpha value is -1.63. The Kier molecular flexibility index (Phi) is 6.43. The van der Waals surface area contributed by atoms with E-state index in [0.29, 0.717) is 31.5 Å². The Morgan fingerprint density at radius 2 is 1.76 bits per heavy atom. The fourth-order valence-corrected chi connectivity index (χ4v) is 3.95. The summed E-state index contributed by atoms with van der Waals surface area (Å²) < 4.78 is 0. The van der Waals surface area contributed by atoms with Gasteiger partial charge in [-0.05, 0) is 40.5 Å². The summed E-state index contributed by atoms with van der Waals surface area (Å²) in [6.07, 6.45) is 4.31. The van der Waals surface area contributed by atoms with E-state index in [1.807, 2.05) is 0 Å². The van der Waals surface area contributed by atoms with Crippen LogP contribution < -0.4 is 10.6 Å². The highest BCUT2D eigenvalue weighted by atomic mass is 16.2. The van der Waals surface area contributed by atoms with Gasteiger partial charge in [-0.1, -0.05) is 19.3 Å². The highest BCUT2D eigenvalue weighted by molar-refractivity contribution is 6.09. The third-order valence-corrected chi connectivity index (χ3v) is 5.27. The summed E-state index contributed by atoms with van der Waals surface area (Å²) in [5.41, 5.74) is -0.762. The SMILES string of the molecule is CC(C)N(CCNC(=O)CN1C(=O)NC2(CCCCC2)C1=O)C(C)C. The third-order valence-electron chi connectivity index (χ3n) is 5.27. The zero-order valence-corrected chi connectivity index (χ0v) is 15.9. The van der Waals surface area contributed by atoms with Gasteiger partial charge in [-0.2, -0.15) is 0 Å². The molecule has 7 nitrogen and oxygen atoms in total. The van der Waals surface area contributed by atoms with Crippen molar-refractivity contribution in [1.82, 2.24) is 20.4 Å². The minimum absolute atomic E-state index is 0.199. The number of carbonyl (C=O) groups is 3. The molecule has 0 atom stereocenters. The number of hydrogen-bond donors (Lipinski definition) is 2. The first-order chi connectivity index (χ1) is 11.8. The maximum Gasteiger partial charge on any atom is 0.325 e. The zero-order chi connectivity index (χ0) is 18.6. The van der Waals surface area contributed by atoms with Crippen LogP contribution in [0, 0.1) is 0 Å². The molecule has 142 valence electrons. The third kappa shape index (κ3) is 4.51. The average molecular weight is 352 g/mol. The molecule has 0 bridgehead atoms. The minimum atomic E-state index is -0.762. The summed E-state index contributed by atoms with van der Waals surface area (Å²) in [4.78, 5) is 40.3. The van der Waals surface area contributed by atoms with Crippen LogP contribution in [0.15, 0.2) is 0 Å². The molecule has 0 aromatic carbocycles. The lowest BCUT2D eigenvalue weighted by Crippen LogP contribution is -2.49. The van der Waals surface area contributed by atoms with Gasteiger partial charge in [0.1, 0.15) is 12.1 Å². The first-order valence-electron chi connectivity index (χ1n) is 9.43. The molecule has 1 aliphatic heterocycles. The zero-order valence-electron chi connectivity index (χ0n) is 15.9. The van der Waals surface area contributed by atoms with Gasteiger partial charge in [0.2, 0.25) is 5.91 Å². The Bertz CT molecular complexity index is 504. The Morgan fingerprint density at radius 3 is 2.32 bits per heavy atom. The van der Waals surface area contributed by atoms with E-state index in [1.165, 1.54) is 0 Å². The lowest BCUT2D eigenvalue weighted by atomic mass is 9.82. The molecule has 0 radical (unpaired) electrons. The van der Waals surface area contributed by atoms with Crippen LogP contribution in [0.25, 0.3) is 0 Å². The molecule has 0 unspecified atom stereocenters. The van der Waals surface area contributed by atoms with E-state index in [0.717, 1.165) is 30.7 Å². The number of carbonyl (C=O) groups excluding carboxylic acids is 3. The summed E-state index contributed by atoms with van der Waals surface area (Å²) in [5, 5.41) is 5.66. The molecule has 4 amide bonds. The molecular weight excluding hydrogens is 320 g/mol. The van der Waals surface area contributed by atoms with Crippen molar-refractivity contribution in [3.63, 3.8) is 0 Å². The number of hydrogen-bond acceptors (Lipinski definition) is 4. The summed E-state index contributed by atoms with van der Waals surface area (Å²) >= 11 is 0. The lowest BCUT2D eigenvalue weighted by Gasteiger charge is -2.31. The quantitative estimate of drug-likeness (QED) is 0.680. The van der Waals surface area contributed by atoms with E-state index < -0.39 is 11.6 Å². The van der Waals surface area contributed by atoms with Crippen LogP contribution in [0.3, 0.4) is 0 Å². The fourth-order valence-electron chi connectivity index (χ4n) is 3.95. The van der Waals surface area contributed by atoms with Gasteiger partial charge < -0.3 is 10.6 Å². The van der Waals surface area contributed by atoms with Crippen LogP contribution in [0.5, 0.6) is 0 Å². The molecule has 7 heteroatoms. The smallest absolute Gasteiger partial charge is 0.325 e. The summed E-state index contributed by atoms with van der Waals surface area (Å²) in [6.45, 7) is 9.54. The second-order valence-electron chi connectivity index (χ2n) is 7.74. The van der Waals surface area contributed by atoms with Crippen molar-refractivity contribution in [1.29, 1.82) is 0 Å². The lowest BCUT2D eigenvalue weighted by molar-refractivity contribution is -0.135. The number of nitrogens with one attached hydrogen (secondary N) is 2. The molecule has 2 rings (SSSR count). The summed E-state index contributed by atoms with van der Waals surface area (Å²) in [5.74, 6) is -0.526. The monoisotopic (exact) mass is 352 g/mol. The van der Waals surface area contributed by atoms with E-state index in [-0.39, 0.29) is 18.4 Å². The number of nitrogens with zero attached hydrogens (tertiary/aromatic N) is 2. The molecule has 0 aromatic rings. The second kappa shape index (κ2) is 8.17. The van der Waals surface area contributed by atoms with E-state index in [1.54, 1.807) is 0 Å². The van der Waals surface area contributed by atoms with Crippen LogP contribution in [0.2, 0.25) is 0 Å². The standard InChI is InChI=1S/C18H32N4O3/c1-13(2)21(14(3)4)11-10-19-15(23)12-22-16(24)18(20-17(22)25)8-6-5-7-9-18/h13-14H,5-12H2,1-4H3,(H,19,23)(H,20,25). The molecule has 0 aromatic heterocycles. The summed E-state index contributed by atoms with van der Waals surface area (Å²) in [7, 11) is 0. The predicted octanol–water partition coefficient (Wildman–Crippen LogP) is 1.48. The maximum absolute atomic E-state index is 12.6. The van der Waals surface area contributed by atoms with Crippen LogP contribution in [-0.2, 0) is 9.59 Å². The van der Waals surface area contributed by atoms with E-state index in [2.05, 4.69) is 43.2 Å². The molecule has 1 spiro atoms. The Morgan fingerprint density at radius 1 is 1.16 bits per heavy atom. The molecule has 2 N–H and O–H groups in total. The van der Waals surface area contributed by atoms with Crippen molar-refractivity contribution >= 4 is 17.8 Å². The number of rotatable bonds is 7. The van der Waals surface area contributed by atoms with Gasteiger partial charge in [0.05, 0.1) is 0 Å². The van der Waals surface area contributed by atoms with E-state index >= 15 is 0 Å². The van der Waals surface area contributed by atoms with Crippen molar-refractivity contribution in [2.24, 2.45) is 0 Å². The van der Waals surface area contributed by atoms with E-state index in [4.69, 9.17) is 0 Å². The van der Waals surface area contributed by atoms with Crippen molar-refractivity contribution < 1.29 is 14.4 Å². The largest absolute Gasteiger partial charge is 0.353 e. The maximum atomic E-state index is 12.6. The number of imide groups is 1. The van der Waals surface area contributed by atoms with Crippen LogP contribution in [0.4, 0.5) is 4.79 Å². The number of amides is 4. The van der Waals surface area contributed by atoms with Crippen LogP contribution in [-0.4, -0.2) is 64.9 Å². The molecule has 2 aliphatic rings. The van der Waals surface area contributed by atoms with Crippen LogP contribution in [0.1, 0.15) is 59.8 Å². The van der Waals surface area contributed by atoms with Gasteiger partial charge in [0.25, 0.3) is 5.91 Å². The topological polar surface area (TPSA) is 81.8 Å². The normalized spacial score (nSPS) is 20.0. The number of urea groups is 1. The van der Waals surface area contributed by atoms with Gasteiger partial charge in [0, 0.05) is 25.2 Å². The van der Waals surface area contributed by atoms with Gasteiger partial charge in [-0.15, -0.1) is 0 Å². The minimum Gasteiger partial charge on any atom is -0.353 e. The highest BCUT2D eigenvalue weighted by Gasteiger charge is 2.51. The van der Waals surface area contributed by atoms with Crippen molar-refractivity contribution in [3.05, 3.63) is 0 Å². The molecule has 2 fully saturated rings. The molecule has 25 heavy (non-hydrogen) atoms. The van der Waals surface area contributed by atoms with E-state index in [9.17, 15) is 14.4 Å². The molecular formula is C18H32N4O3. The van der Waals surface area contributed by atoms with Gasteiger partial charge in [0.15, 0.2) is 0 Å². The molecule has 1 aliphatic carbocycles. The Labute approximate surface area is 150 Å². The molecule has 1 heterocycles. The first-order valence-corrected chi connectivity index (χ1v) is 9.43. The Balaban J connectivity index is 1.84. The second-order valence-corrected chi connectivity index (χ2v) is 7.74. The highest BCUT2D eigenvalue weighted by Crippen LogP contribution is 2.33. The average Bonchev–Trinajstić information content (AvgIpc) is 2.76. The van der Waals surface area contributed by atoms with Crippen molar-refractivity contribution in [2.75, 3.05) is 19.6 Å². The van der Waals surface area contributed by atoms with Crippen molar-refractivity contribution in [3.8, 4) is 0 Å². The predicted molar refractivity (Wildman–Crippen MR) is 96.0 cm³/mol. The van der Waals surface area contributed by atoms with Gasteiger partial charge in [-0.3, -0.25) is 19.4 Å². The van der Waals surface area contributed by atoms with Gasteiger partial charge >= 0.3 is 6.03 Å². The summed E-state index contributed by atoms with van der Waals surface area (Å²) in [6, 6.07) is 0.357. The van der Waals surface area contributed by atoms with Gasteiger partial charge in [-0.25, -0.2) is 4.79 Å².